The van der Waals surface area contributed by atoms with E-state index >= 15 is 0 Å². The molecular weight excluding hydrogens is 305 g/mol. The largest absolute Gasteiger partial charge is 0.496 e. The van der Waals surface area contributed by atoms with Crippen molar-refractivity contribution in [3.8, 4) is 5.75 Å². The van der Waals surface area contributed by atoms with Crippen LogP contribution in [-0.4, -0.2) is 31.8 Å². The van der Waals surface area contributed by atoms with Crippen LogP contribution < -0.4 is 15.5 Å². The number of carbonyl (C=O) groups excluding carboxylic acids is 1. The highest BCUT2D eigenvalue weighted by Crippen LogP contribution is 2.21. The van der Waals surface area contributed by atoms with Crippen LogP contribution in [0.3, 0.4) is 0 Å². The SMILES string of the molecule is COc1ccc(C)cc1CC(=O)Nc1ccc2c(c1)B(O)OCC2. The Bertz CT molecular complexity index is 763. The van der Waals surface area contributed by atoms with Crippen molar-refractivity contribution >= 4 is 24.2 Å². The molecule has 1 heterocycles. The van der Waals surface area contributed by atoms with Gasteiger partial charge in [-0.15, -0.1) is 0 Å². The number of methoxy groups -OCH3 is 1. The summed E-state index contributed by atoms with van der Waals surface area (Å²) in [5.41, 5.74) is 4.33. The smallest absolute Gasteiger partial charge is 0.491 e. The number of fused-ring (bicyclic) bond motifs is 1. The van der Waals surface area contributed by atoms with E-state index in [0.717, 1.165) is 23.1 Å². The lowest BCUT2D eigenvalue weighted by Gasteiger charge is -2.20. The summed E-state index contributed by atoms with van der Waals surface area (Å²) < 4.78 is 10.5. The van der Waals surface area contributed by atoms with Gasteiger partial charge in [-0.05, 0) is 42.6 Å². The molecule has 6 heteroatoms. The summed E-state index contributed by atoms with van der Waals surface area (Å²) >= 11 is 0. The molecule has 2 N–H and O–H groups in total. The number of hydrogen-bond donors (Lipinski definition) is 2. The van der Waals surface area contributed by atoms with Gasteiger partial charge in [0.2, 0.25) is 5.91 Å². The van der Waals surface area contributed by atoms with Gasteiger partial charge in [-0.2, -0.15) is 0 Å². The van der Waals surface area contributed by atoms with Gasteiger partial charge in [-0.25, -0.2) is 0 Å². The number of anilines is 1. The first kappa shape index (κ1) is 16.5. The molecule has 3 rings (SSSR count). The summed E-state index contributed by atoms with van der Waals surface area (Å²) in [6, 6.07) is 11.3. The van der Waals surface area contributed by atoms with Gasteiger partial charge in [0.25, 0.3) is 0 Å². The van der Waals surface area contributed by atoms with Crippen molar-refractivity contribution in [1.82, 2.24) is 0 Å². The molecule has 2 aromatic carbocycles. The predicted molar refractivity (Wildman–Crippen MR) is 93.8 cm³/mol. The summed E-state index contributed by atoms with van der Waals surface area (Å²) in [6.07, 6.45) is 0.988. The van der Waals surface area contributed by atoms with Crippen LogP contribution >= 0.6 is 0 Å². The fourth-order valence-corrected chi connectivity index (χ4v) is 2.92. The van der Waals surface area contributed by atoms with Crippen LogP contribution in [0.2, 0.25) is 0 Å². The molecule has 2 aromatic rings. The summed E-state index contributed by atoms with van der Waals surface area (Å²) in [6.45, 7) is 2.48. The van der Waals surface area contributed by atoms with Gasteiger partial charge in [0.15, 0.2) is 0 Å². The van der Waals surface area contributed by atoms with Gasteiger partial charge in [-0.1, -0.05) is 23.8 Å². The zero-order valence-corrected chi connectivity index (χ0v) is 13.8. The Morgan fingerprint density at radius 1 is 1.33 bits per heavy atom. The van der Waals surface area contributed by atoms with E-state index in [1.807, 2.05) is 37.3 Å². The maximum Gasteiger partial charge on any atom is 0.491 e. The third-order valence-electron chi connectivity index (χ3n) is 4.13. The Morgan fingerprint density at radius 3 is 2.96 bits per heavy atom. The maximum atomic E-state index is 12.4. The molecule has 0 bridgehead atoms. The van der Waals surface area contributed by atoms with Crippen LogP contribution in [0.4, 0.5) is 5.69 Å². The zero-order valence-electron chi connectivity index (χ0n) is 13.8. The van der Waals surface area contributed by atoms with Crippen LogP contribution in [-0.2, 0) is 22.3 Å². The molecule has 1 amide bonds. The van der Waals surface area contributed by atoms with E-state index in [2.05, 4.69) is 5.32 Å². The van der Waals surface area contributed by atoms with E-state index in [4.69, 9.17) is 9.39 Å². The Morgan fingerprint density at radius 2 is 2.17 bits per heavy atom. The van der Waals surface area contributed by atoms with Crippen LogP contribution in [0.25, 0.3) is 0 Å². The lowest BCUT2D eigenvalue weighted by Crippen LogP contribution is -2.41. The normalized spacial score (nSPS) is 13.4. The molecule has 1 aliphatic rings. The molecule has 1 aliphatic heterocycles. The van der Waals surface area contributed by atoms with Crippen molar-refractivity contribution in [2.24, 2.45) is 0 Å². The quantitative estimate of drug-likeness (QED) is 0.835. The number of ether oxygens (including phenoxy) is 1. The van der Waals surface area contributed by atoms with E-state index in [0.29, 0.717) is 23.5 Å². The number of nitrogens with one attached hydrogen (secondary N) is 1. The molecule has 0 fully saturated rings. The van der Waals surface area contributed by atoms with E-state index in [1.165, 1.54) is 0 Å². The summed E-state index contributed by atoms with van der Waals surface area (Å²) in [5, 5.41) is 12.8. The predicted octanol–water partition coefficient (Wildman–Crippen LogP) is 1.45. The first-order valence-electron chi connectivity index (χ1n) is 7.92. The number of rotatable bonds is 4. The first-order chi connectivity index (χ1) is 11.6. The second-order valence-electron chi connectivity index (χ2n) is 5.93. The molecule has 24 heavy (non-hydrogen) atoms. The zero-order chi connectivity index (χ0) is 17.1. The van der Waals surface area contributed by atoms with E-state index in [1.54, 1.807) is 13.2 Å². The van der Waals surface area contributed by atoms with Gasteiger partial charge in [-0.3, -0.25) is 4.79 Å². The van der Waals surface area contributed by atoms with Gasteiger partial charge in [0.1, 0.15) is 5.75 Å². The third kappa shape index (κ3) is 3.61. The molecule has 0 aliphatic carbocycles. The van der Waals surface area contributed by atoms with Crippen molar-refractivity contribution in [2.45, 2.75) is 19.8 Å². The molecule has 0 atom stereocenters. The second kappa shape index (κ2) is 7.07. The Labute approximate surface area is 141 Å². The van der Waals surface area contributed by atoms with Crippen LogP contribution in [0.1, 0.15) is 16.7 Å². The molecular formula is C18H20BNO4. The first-order valence-corrected chi connectivity index (χ1v) is 7.92. The van der Waals surface area contributed by atoms with E-state index in [9.17, 15) is 9.82 Å². The van der Waals surface area contributed by atoms with E-state index in [-0.39, 0.29) is 12.3 Å². The fraction of sp³-hybridized carbons (Fsp3) is 0.278. The topological polar surface area (TPSA) is 67.8 Å². The lowest BCUT2D eigenvalue weighted by molar-refractivity contribution is -0.115. The van der Waals surface area contributed by atoms with E-state index < -0.39 is 7.12 Å². The molecule has 0 spiro atoms. The van der Waals surface area contributed by atoms with Crippen LogP contribution in [0, 0.1) is 6.92 Å². The maximum absolute atomic E-state index is 12.4. The molecule has 0 aromatic heterocycles. The standard InChI is InChI=1S/C18H20BNO4/c1-12-3-6-17(23-2)14(9-12)10-18(21)20-15-5-4-13-7-8-24-19(22)16(13)11-15/h3-6,9,11,22H,7-8,10H2,1-2H3,(H,20,21). The molecule has 0 saturated heterocycles. The molecule has 0 saturated carbocycles. The number of benzene rings is 2. The van der Waals surface area contributed by atoms with Gasteiger partial charge >= 0.3 is 7.12 Å². The van der Waals surface area contributed by atoms with Crippen molar-refractivity contribution in [2.75, 3.05) is 19.0 Å². The van der Waals surface area contributed by atoms with Crippen molar-refractivity contribution in [3.05, 3.63) is 53.1 Å². The van der Waals surface area contributed by atoms with Gasteiger partial charge in [0.05, 0.1) is 13.5 Å². The fourth-order valence-electron chi connectivity index (χ4n) is 2.92. The Hall–Kier alpha value is -2.31. The summed E-state index contributed by atoms with van der Waals surface area (Å²) in [7, 11) is 0.666. The number of carbonyl (C=O) groups is 1. The van der Waals surface area contributed by atoms with Gasteiger partial charge < -0.3 is 19.7 Å². The molecule has 5 nitrogen and oxygen atoms in total. The van der Waals surface area contributed by atoms with Crippen molar-refractivity contribution < 1.29 is 19.2 Å². The second-order valence-corrected chi connectivity index (χ2v) is 5.93. The molecule has 0 radical (unpaired) electrons. The lowest BCUT2D eigenvalue weighted by atomic mass is 9.73. The van der Waals surface area contributed by atoms with Crippen LogP contribution in [0.5, 0.6) is 5.75 Å². The van der Waals surface area contributed by atoms with Crippen molar-refractivity contribution in [3.63, 3.8) is 0 Å². The summed E-state index contributed by atoms with van der Waals surface area (Å²) in [4.78, 5) is 12.4. The minimum atomic E-state index is -0.928. The number of amides is 1. The third-order valence-corrected chi connectivity index (χ3v) is 4.13. The van der Waals surface area contributed by atoms with Crippen molar-refractivity contribution in [1.29, 1.82) is 0 Å². The average Bonchev–Trinajstić information content (AvgIpc) is 2.56. The molecule has 0 unspecified atom stereocenters. The Kier molecular flexibility index (Phi) is 4.88. The highest BCUT2D eigenvalue weighted by Gasteiger charge is 2.25. The Balaban J connectivity index is 1.74. The summed E-state index contributed by atoms with van der Waals surface area (Å²) in [5.74, 6) is 0.565. The monoisotopic (exact) mass is 325 g/mol. The van der Waals surface area contributed by atoms with Crippen LogP contribution in [0.15, 0.2) is 36.4 Å². The number of hydrogen-bond acceptors (Lipinski definition) is 4. The minimum Gasteiger partial charge on any atom is -0.496 e. The highest BCUT2D eigenvalue weighted by atomic mass is 16.5. The average molecular weight is 325 g/mol. The van der Waals surface area contributed by atoms with Gasteiger partial charge in [0, 0.05) is 17.9 Å². The number of aryl methyl sites for hydroxylation is 1. The highest BCUT2D eigenvalue weighted by molar-refractivity contribution is 6.61. The molecule has 124 valence electrons. The minimum absolute atomic E-state index is 0.134.